The predicted octanol–water partition coefficient (Wildman–Crippen LogP) is 4.87. The molecule has 2 heterocycles. The van der Waals surface area contributed by atoms with Crippen molar-refractivity contribution in [3.05, 3.63) is 81.4 Å². The van der Waals surface area contributed by atoms with Crippen LogP contribution in [0.25, 0.3) is 23.1 Å². The molecule has 146 valence electrons. The van der Waals surface area contributed by atoms with Crippen LogP contribution in [-0.4, -0.2) is 23.2 Å². The van der Waals surface area contributed by atoms with Crippen LogP contribution in [0.15, 0.2) is 53.2 Å². The summed E-state index contributed by atoms with van der Waals surface area (Å²) in [5, 5.41) is 14.9. The van der Waals surface area contributed by atoms with Crippen LogP contribution >= 0.6 is 11.3 Å². The molecule has 0 radical (unpaired) electrons. The second-order valence-corrected chi connectivity index (χ2v) is 7.16. The average molecular weight is 407 g/mol. The summed E-state index contributed by atoms with van der Waals surface area (Å²) in [6.07, 6.45) is 3.64. The number of carbonyl (C=O) groups is 1. The Hall–Kier alpha value is -3.45. The number of nitrogens with zero attached hydrogens (tertiary/aromatic N) is 1. The molecule has 4 aromatic rings. The summed E-state index contributed by atoms with van der Waals surface area (Å²) in [5.41, 5.74) is 3.72. The Morgan fingerprint density at radius 1 is 1.21 bits per heavy atom. The normalized spacial score (nSPS) is 11.2. The highest BCUT2D eigenvalue weighted by atomic mass is 32.1. The van der Waals surface area contributed by atoms with E-state index in [1.165, 1.54) is 19.2 Å². The number of hydrogen-bond acceptors (Lipinski definition) is 4. The molecule has 0 unspecified atom stereocenters. The molecule has 0 atom stereocenters. The van der Waals surface area contributed by atoms with E-state index in [1.54, 1.807) is 35.6 Å². The molecule has 2 aromatic carbocycles. The molecule has 1 amide bonds. The number of hydrogen-bond donors (Lipinski definition) is 2. The monoisotopic (exact) mass is 407 g/mol. The maximum absolute atomic E-state index is 13.1. The number of carbonyl (C=O) groups excluding carboxylic acids is 1. The zero-order chi connectivity index (χ0) is 20.2. The predicted molar refractivity (Wildman–Crippen MR) is 113 cm³/mol. The van der Waals surface area contributed by atoms with E-state index in [0.29, 0.717) is 28.9 Å². The molecule has 29 heavy (non-hydrogen) atoms. The lowest BCUT2D eigenvalue weighted by Crippen LogP contribution is -2.23. The quantitative estimate of drug-likeness (QED) is 0.479. The molecule has 5 nitrogen and oxygen atoms in total. The van der Waals surface area contributed by atoms with Crippen LogP contribution in [0.4, 0.5) is 4.39 Å². The summed E-state index contributed by atoms with van der Waals surface area (Å²) in [4.78, 5) is 12.7. The minimum atomic E-state index is -0.285. The van der Waals surface area contributed by atoms with Gasteiger partial charge in [0.25, 0.3) is 5.91 Å². The largest absolute Gasteiger partial charge is 0.495 e. The average Bonchev–Trinajstić information content (AvgIpc) is 3.40. The van der Waals surface area contributed by atoms with Gasteiger partial charge in [-0.15, -0.1) is 0 Å². The highest BCUT2D eigenvalue weighted by Crippen LogP contribution is 2.32. The second-order valence-electron chi connectivity index (χ2n) is 6.38. The Morgan fingerprint density at radius 3 is 2.76 bits per heavy atom. The van der Waals surface area contributed by atoms with Gasteiger partial charge in [0.2, 0.25) is 0 Å². The van der Waals surface area contributed by atoms with Gasteiger partial charge in [-0.25, -0.2) is 4.39 Å². The van der Waals surface area contributed by atoms with E-state index >= 15 is 0 Å². The molecule has 2 N–H and O–H groups in total. The van der Waals surface area contributed by atoms with E-state index in [2.05, 4.69) is 15.5 Å². The van der Waals surface area contributed by atoms with Crippen molar-refractivity contribution in [3.63, 3.8) is 0 Å². The lowest BCUT2D eigenvalue weighted by molar-refractivity contribution is 0.0948. The van der Waals surface area contributed by atoms with Crippen LogP contribution in [-0.2, 0) is 6.54 Å². The van der Waals surface area contributed by atoms with E-state index < -0.39 is 0 Å². The number of benzene rings is 2. The van der Waals surface area contributed by atoms with Gasteiger partial charge in [0.05, 0.1) is 29.3 Å². The summed E-state index contributed by atoms with van der Waals surface area (Å²) in [7, 11) is 1.53. The van der Waals surface area contributed by atoms with Crippen molar-refractivity contribution in [2.75, 3.05) is 7.11 Å². The molecule has 7 heteroatoms. The molecule has 0 aliphatic carbocycles. The van der Waals surface area contributed by atoms with Gasteiger partial charge in [0.1, 0.15) is 11.6 Å². The van der Waals surface area contributed by atoms with E-state index in [4.69, 9.17) is 4.74 Å². The standard InChI is InChI=1S/C22H18FN3O2S/c1-28-21-17(22(27)24-12-15-10-11-29-13-15)7-9-19-20(21)18(25-26-19)8-4-14-2-5-16(23)6-3-14/h2-11,13H,12H2,1H3,(H,24,27)(H,25,26). The molecule has 2 aromatic heterocycles. The number of methoxy groups -OCH3 is 1. The fourth-order valence-corrected chi connectivity index (χ4v) is 3.71. The Morgan fingerprint density at radius 2 is 2.03 bits per heavy atom. The van der Waals surface area contributed by atoms with Gasteiger partial charge in [0.15, 0.2) is 0 Å². The van der Waals surface area contributed by atoms with Crippen molar-refractivity contribution in [1.82, 2.24) is 15.5 Å². The summed E-state index contributed by atoms with van der Waals surface area (Å²) in [6, 6.07) is 11.7. The Balaban J connectivity index is 1.65. The SMILES string of the molecule is COc1c(C(=O)NCc2ccsc2)ccc2[nH]nc(C=Cc3ccc(F)cc3)c12. The molecule has 0 bridgehead atoms. The van der Waals surface area contributed by atoms with Crippen LogP contribution in [0.3, 0.4) is 0 Å². The van der Waals surface area contributed by atoms with Gasteiger partial charge in [-0.3, -0.25) is 9.89 Å². The Kier molecular flexibility index (Phi) is 5.39. The molecule has 0 spiro atoms. The minimum Gasteiger partial charge on any atom is -0.495 e. The summed E-state index contributed by atoms with van der Waals surface area (Å²) in [5.74, 6) is -0.0467. The highest BCUT2D eigenvalue weighted by Gasteiger charge is 2.18. The van der Waals surface area contributed by atoms with Crippen molar-refractivity contribution in [2.24, 2.45) is 0 Å². The lowest BCUT2D eigenvalue weighted by Gasteiger charge is -2.10. The number of aromatic amines is 1. The van der Waals surface area contributed by atoms with Crippen molar-refractivity contribution >= 4 is 40.3 Å². The van der Waals surface area contributed by atoms with E-state index in [0.717, 1.165) is 16.6 Å². The molecule has 4 rings (SSSR count). The number of rotatable bonds is 6. The van der Waals surface area contributed by atoms with Crippen molar-refractivity contribution in [1.29, 1.82) is 0 Å². The molecule has 0 saturated heterocycles. The van der Waals surface area contributed by atoms with Crippen LogP contribution in [0.2, 0.25) is 0 Å². The zero-order valence-electron chi connectivity index (χ0n) is 15.6. The van der Waals surface area contributed by atoms with Crippen molar-refractivity contribution in [2.45, 2.75) is 6.54 Å². The van der Waals surface area contributed by atoms with Gasteiger partial charge >= 0.3 is 0 Å². The van der Waals surface area contributed by atoms with Crippen molar-refractivity contribution < 1.29 is 13.9 Å². The minimum absolute atomic E-state index is 0.218. The zero-order valence-corrected chi connectivity index (χ0v) is 16.4. The molecule has 0 fully saturated rings. The number of aromatic nitrogens is 2. The number of ether oxygens (including phenoxy) is 1. The van der Waals surface area contributed by atoms with Gasteiger partial charge in [-0.05, 0) is 58.3 Å². The van der Waals surface area contributed by atoms with Crippen molar-refractivity contribution in [3.8, 4) is 5.75 Å². The fourth-order valence-electron chi connectivity index (χ4n) is 3.04. The first-order chi connectivity index (χ1) is 14.2. The Bertz CT molecular complexity index is 1160. The van der Waals surface area contributed by atoms with Crippen LogP contribution in [0.1, 0.15) is 27.2 Å². The number of fused-ring (bicyclic) bond motifs is 1. The van der Waals surface area contributed by atoms with Crippen LogP contribution < -0.4 is 10.1 Å². The van der Waals surface area contributed by atoms with E-state index in [1.807, 2.05) is 29.0 Å². The summed E-state index contributed by atoms with van der Waals surface area (Å²) < 4.78 is 18.7. The maximum atomic E-state index is 13.1. The first kappa shape index (κ1) is 18.9. The van der Waals surface area contributed by atoms with E-state index in [9.17, 15) is 9.18 Å². The number of halogens is 1. The Labute approximate surface area is 170 Å². The fraction of sp³-hybridized carbons (Fsp3) is 0.0909. The third kappa shape index (κ3) is 4.05. The van der Waals surface area contributed by atoms with Crippen LogP contribution in [0, 0.1) is 5.82 Å². The third-order valence-corrected chi connectivity index (χ3v) is 5.23. The number of nitrogens with one attached hydrogen (secondary N) is 2. The van der Waals surface area contributed by atoms with Gasteiger partial charge < -0.3 is 10.1 Å². The molecule has 0 aliphatic rings. The molecular formula is C22H18FN3O2S. The van der Waals surface area contributed by atoms with E-state index in [-0.39, 0.29) is 11.7 Å². The number of H-pyrrole nitrogens is 1. The second kappa shape index (κ2) is 8.28. The first-order valence-electron chi connectivity index (χ1n) is 8.93. The third-order valence-electron chi connectivity index (χ3n) is 4.50. The highest BCUT2D eigenvalue weighted by molar-refractivity contribution is 7.07. The van der Waals surface area contributed by atoms with Gasteiger partial charge in [0, 0.05) is 6.54 Å². The number of thiophene rings is 1. The maximum Gasteiger partial charge on any atom is 0.255 e. The molecule has 0 saturated carbocycles. The molecule has 0 aliphatic heterocycles. The van der Waals surface area contributed by atoms with Crippen LogP contribution in [0.5, 0.6) is 5.75 Å². The lowest BCUT2D eigenvalue weighted by atomic mass is 10.1. The van der Waals surface area contributed by atoms with Gasteiger partial charge in [-0.2, -0.15) is 16.4 Å². The molecular weight excluding hydrogens is 389 g/mol. The van der Waals surface area contributed by atoms with Gasteiger partial charge in [-0.1, -0.05) is 18.2 Å². The smallest absolute Gasteiger partial charge is 0.255 e. The summed E-state index contributed by atoms with van der Waals surface area (Å²) in [6.45, 7) is 0.451. The first-order valence-corrected chi connectivity index (χ1v) is 9.88. The summed E-state index contributed by atoms with van der Waals surface area (Å²) >= 11 is 1.59. The topological polar surface area (TPSA) is 67.0 Å². The number of amides is 1.